The van der Waals surface area contributed by atoms with Crippen molar-refractivity contribution in [1.82, 2.24) is 0 Å². The minimum absolute atomic E-state index is 0.510. The standard InChI is InChI=1S/C22H20N2O3/c1-15-12-16(2)14-18(13-15)24-22(26)21(25)23-17-8-10-20(11-9-17)27-19-6-4-3-5-7-19/h3-14H,1-2H3,(H,23,25)(H,24,26). The van der Waals surface area contributed by atoms with Crippen molar-refractivity contribution in [2.75, 3.05) is 10.6 Å². The van der Waals surface area contributed by atoms with Crippen molar-refractivity contribution in [3.8, 4) is 11.5 Å². The van der Waals surface area contributed by atoms with Crippen molar-refractivity contribution in [3.63, 3.8) is 0 Å². The molecule has 27 heavy (non-hydrogen) atoms. The maximum absolute atomic E-state index is 12.1. The fraction of sp³-hybridized carbons (Fsp3) is 0.0909. The van der Waals surface area contributed by atoms with Crippen molar-refractivity contribution in [2.45, 2.75) is 13.8 Å². The van der Waals surface area contributed by atoms with E-state index in [2.05, 4.69) is 10.6 Å². The van der Waals surface area contributed by atoms with Crippen molar-refractivity contribution in [1.29, 1.82) is 0 Å². The molecule has 136 valence electrons. The number of rotatable bonds is 4. The van der Waals surface area contributed by atoms with Gasteiger partial charge in [-0.1, -0.05) is 24.3 Å². The Bertz CT molecular complexity index is 931. The first-order valence-corrected chi connectivity index (χ1v) is 8.53. The molecule has 3 aromatic carbocycles. The second-order valence-corrected chi connectivity index (χ2v) is 6.22. The van der Waals surface area contributed by atoms with Gasteiger partial charge in [0.2, 0.25) is 0 Å². The largest absolute Gasteiger partial charge is 0.457 e. The van der Waals surface area contributed by atoms with Crippen LogP contribution in [-0.4, -0.2) is 11.8 Å². The Labute approximate surface area is 158 Å². The average Bonchev–Trinajstić information content (AvgIpc) is 2.63. The predicted octanol–water partition coefficient (Wildman–Crippen LogP) is 4.67. The molecule has 2 amide bonds. The van der Waals surface area contributed by atoms with E-state index in [4.69, 9.17) is 4.74 Å². The number of carbonyl (C=O) groups excluding carboxylic acids is 2. The number of aryl methyl sites for hydroxylation is 2. The normalized spacial score (nSPS) is 10.1. The van der Waals surface area contributed by atoms with E-state index >= 15 is 0 Å². The molecule has 0 aliphatic rings. The zero-order chi connectivity index (χ0) is 19.2. The third-order valence-electron chi connectivity index (χ3n) is 3.78. The predicted molar refractivity (Wildman–Crippen MR) is 106 cm³/mol. The van der Waals surface area contributed by atoms with E-state index in [-0.39, 0.29) is 0 Å². The number of para-hydroxylation sites is 1. The summed E-state index contributed by atoms with van der Waals surface area (Å²) < 4.78 is 5.70. The number of hydrogen-bond acceptors (Lipinski definition) is 3. The Morgan fingerprint density at radius 3 is 1.78 bits per heavy atom. The average molecular weight is 360 g/mol. The number of benzene rings is 3. The van der Waals surface area contributed by atoms with Gasteiger partial charge in [-0.25, -0.2) is 0 Å². The molecule has 0 aliphatic heterocycles. The molecule has 0 atom stereocenters. The van der Waals surface area contributed by atoms with Crippen LogP contribution >= 0.6 is 0 Å². The van der Waals surface area contributed by atoms with Gasteiger partial charge in [0, 0.05) is 11.4 Å². The Kier molecular flexibility index (Phi) is 5.52. The summed E-state index contributed by atoms with van der Waals surface area (Å²) in [6.07, 6.45) is 0. The van der Waals surface area contributed by atoms with Crippen LogP contribution in [0, 0.1) is 13.8 Å². The summed E-state index contributed by atoms with van der Waals surface area (Å²) in [5, 5.41) is 5.19. The monoisotopic (exact) mass is 360 g/mol. The van der Waals surface area contributed by atoms with Crippen molar-refractivity contribution >= 4 is 23.2 Å². The molecule has 0 unspecified atom stereocenters. The van der Waals surface area contributed by atoms with Gasteiger partial charge < -0.3 is 15.4 Å². The molecule has 0 fully saturated rings. The van der Waals surface area contributed by atoms with Gasteiger partial charge in [-0.3, -0.25) is 9.59 Å². The summed E-state index contributed by atoms with van der Waals surface area (Å²) in [5.41, 5.74) is 3.13. The molecular formula is C22H20N2O3. The molecule has 0 saturated heterocycles. The Balaban J connectivity index is 1.59. The van der Waals surface area contributed by atoms with E-state index < -0.39 is 11.8 Å². The molecule has 0 spiro atoms. The van der Waals surface area contributed by atoms with Crippen LogP contribution in [0.25, 0.3) is 0 Å². The molecule has 0 bridgehead atoms. The Morgan fingerprint density at radius 2 is 1.19 bits per heavy atom. The SMILES string of the molecule is Cc1cc(C)cc(NC(=O)C(=O)Nc2ccc(Oc3ccccc3)cc2)c1. The molecule has 2 N–H and O–H groups in total. The lowest BCUT2D eigenvalue weighted by Crippen LogP contribution is -2.29. The fourth-order valence-corrected chi connectivity index (χ4v) is 2.65. The van der Waals surface area contributed by atoms with E-state index in [0.29, 0.717) is 17.1 Å². The fourth-order valence-electron chi connectivity index (χ4n) is 2.65. The lowest BCUT2D eigenvalue weighted by atomic mass is 10.1. The van der Waals surface area contributed by atoms with Crippen LogP contribution in [0.1, 0.15) is 11.1 Å². The van der Waals surface area contributed by atoms with Gasteiger partial charge in [-0.15, -0.1) is 0 Å². The second-order valence-electron chi connectivity index (χ2n) is 6.22. The lowest BCUT2D eigenvalue weighted by Gasteiger charge is -2.09. The van der Waals surface area contributed by atoms with Gasteiger partial charge in [0.25, 0.3) is 0 Å². The third-order valence-corrected chi connectivity index (χ3v) is 3.78. The zero-order valence-electron chi connectivity index (χ0n) is 15.2. The van der Waals surface area contributed by atoms with Crippen molar-refractivity contribution in [2.24, 2.45) is 0 Å². The molecule has 3 rings (SSSR count). The Hall–Kier alpha value is -3.60. The summed E-state index contributed by atoms with van der Waals surface area (Å²) in [4.78, 5) is 24.2. The zero-order valence-corrected chi connectivity index (χ0v) is 15.2. The second kappa shape index (κ2) is 8.19. The highest BCUT2D eigenvalue weighted by molar-refractivity contribution is 6.43. The van der Waals surface area contributed by atoms with Crippen LogP contribution in [0.15, 0.2) is 72.8 Å². The third kappa shape index (κ3) is 5.19. The molecule has 5 nitrogen and oxygen atoms in total. The smallest absolute Gasteiger partial charge is 0.314 e. The maximum Gasteiger partial charge on any atom is 0.314 e. The van der Waals surface area contributed by atoms with E-state index in [1.165, 1.54) is 0 Å². The first-order chi connectivity index (χ1) is 13.0. The highest BCUT2D eigenvalue weighted by Gasteiger charge is 2.14. The minimum Gasteiger partial charge on any atom is -0.457 e. The first-order valence-electron chi connectivity index (χ1n) is 8.53. The molecule has 0 radical (unpaired) electrons. The first kappa shape index (κ1) is 18.2. The van der Waals surface area contributed by atoms with Crippen LogP contribution in [0.2, 0.25) is 0 Å². The van der Waals surface area contributed by atoms with Gasteiger partial charge >= 0.3 is 11.8 Å². The summed E-state index contributed by atoms with van der Waals surface area (Å²) in [6, 6.07) is 21.8. The van der Waals surface area contributed by atoms with Gasteiger partial charge in [-0.05, 0) is 73.5 Å². The van der Waals surface area contributed by atoms with Crippen LogP contribution in [0.5, 0.6) is 11.5 Å². The summed E-state index contributed by atoms with van der Waals surface area (Å²) in [5.74, 6) is -0.0866. The number of anilines is 2. The van der Waals surface area contributed by atoms with E-state index in [0.717, 1.165) is 16.9 Å². The molecule has 0 aliphatic carbocycles. The minimum atomic E-state index is -0.731. The summed E-state index contributed by atoms with van der Waals surface area (Å²) >= 11 is 0. The van der Waals surface area contributed by atoms with Gasteiger partial charge in [-0.2, -0.15) is 0 Å². The van der Waals surface area contributed by atoms with Crippen molar-refractivity contribution in [3.05, 3.63) is 83.9 Å². The highest BCUT2D eigenvalue weighted by Crippen LogP contribution is 2.22. The number of hydrogen-bond donors (Lipinski definition) is 2. The number of amides is 2. The molecule has 0 heterocycles. The lowest BCUT2D eigenvalue weighted by molar-refractivity contribution is -0.132. The van der Waals surface area contributed by atoms with Gasteiger partial charge in [0.1, 0.15) is 11.5 Å². The highest BCUT2D eigenvalue weighted by atomic mass is 16.5. The number of ether oxygens (including phenoxy) is 1. The molecule has 0 aromatic heterocycles. The maximum atomic E-state index is 12.1. The topological polar surface area (TPSA) is 67.4 Å². The van der Waals surface area contributed by atoms with Crippen LogP contribution < -0.4 is 15.4 Å². The van der Waals surface area contributed by atoms with Crippen LogP contribution in [-0.2, 0) is 9.59 Å². The molecule has 0 saturated carbocycles. The molecule has 5 heteroatoms. The summed E-state index contributed by atoms with van der Waals surface area (Å²) in [6.45, 7) is 3.86. The number of nitrogens with one attached hydrogen (secondary N) is 2. The summed E-state index contributed by atoms with van der Waals surface area (Å²) in [7, 11) is 0. The molecule has 3 aromatic rings. The molecular weight excluding hydrogens is 340 g/mol. The van der Waals surface area contributed by atoms with Gasteiger partial charge in [0.05, 0.1) is 0 Å². The Morgan fingerprint density at radius 1 is 0.667 bits per heavy atom. The number of carbonyl (C=O) groups is 2. The van der Waals surface area contributed by atoms with Crippen LogP contribution in [0.4, 0.5) is 11.4 Å². The van der Waals surface area contributed by atoms with E-state index in [1.54, 1.807) is 24.3 Å². The quantitative estimate of drug-likeness (QED) is 0.664. The van der Waals surface area contributed by atoms with E-state index in [1.807, 2.05) is 62.4 Å². The van der Waals surface area contributed by atoms with Gasteiger partial charge in [0.15, 0.2) is 0 Å². The van der Waals surface area contributed by atoms with Crippen LogP contribution in [0.3, 0.4) is 0 Å². The van der Waals surface area contributed by atoms with E-state index in [9.17, 15) is 9.59 Å². The van der Waals surface area contributed by atoms with Crippen molar-refractivity contribution < 1.29 is 14.3 Å².